The van der Waals surface area contributed by atoms with Crippen molar-refractivity contribution in [1.29, 1.82) is 0 Å². The lowest BCUT2D eigenvalue weighted by molar-refractivity contribution is 0.0490. The predicted molar refractivity (Wildman–Crippen MR) is 72.4 cm³/mol. The third-order valence-corrected chi connectivity index (χ3v) is 3.75. The van der Waals surface area contributed by atoms with Crippen molar-refractivity contribution in [1.82, 2.24) is 9.55 Å². The number of halogens is 1. The van der Waals surface area contributed by atoms with Crippen molar-refractivity contribution in [2.24, 2.45) is 5.92 Å². The Hall–Kier alpha value is -1.62. The summed E-state index contributed by atoms with van der Waals surface area (Å²) >= 11 is 0. The molecule has 1 aromatic carbocycles. The van der Waals surface area contributed by atoms with E-state index in [9.17, 15) is 4.39 Å². The van der Waals surface area contributed by atoms with Gasteiger partial charge in [0.15, 0.2) is 0 Å². The van der Waals surface area contributed by atoms with E-state index in [1.807, 2.05) is 10.6 Å². The number of fused-ring (bicyclic) bond motifs is 1. The van der Waals surface area contributed by atoms with Crippen LogP contribution in [0.25, 0.3) is 11.0 Å². The van der Waals surface area contributed by atoms with E-state index in [0.29, 0.717) is 22.9 Å². The fourth-order valence-corrected chi connectivity index (χ4v) is 2.67. The zero-order valence-corrected chi connectivity index (χ0v) is 11.0. The number of hydrogen-bond acceptors (Lipinski definition) is 3. The van der Waals surface area contributed by atoms with Crippen LogP contribution in [0.1, 0.15) is 18.4 Å². The van der Waals surface area contributed by atoms with Crippen molar-refractivity contribution in [2.45, 2.75) is 26.3 Å². The Labute approximate surface area is 111 Å². The molecule has 1 fully saturated rings. The predicted octanol–water partition coefficient (Wildman–Crippen LogP) is 2.49. The van der Waals surface area contributed by atoms with Gasteiger partial charge in [-0.25, -0.2) is 9.37 Å². The molecule has 2 N–H and O–H groups in total. The standard InChI is InChI=1S/C14H18FN3O/c1-9-5-13-12(6-11(9)15)17-14(16)18(13)7-10-3-2-4-19-8-10/h5-6,10H,2-4,7-8H2,1H3,(H2,16,17). The van der Waals surface area contributed by atoms with Gasteiger partial charge in [-0.15, -0.1) is 0 Å². The van der Waals surface area contributed by atoms with Gasteiger partial charge in [0.05, 0.1) is 17.6 Å². The molecule has 0 bridgehead atoms. The first-order valence-corrected chi connectivity index (χ1v) is 6.65. The SMILES string of the molecule is Cc1cc2c(cc1F)nc(N)n2CC1CCCOC1. The lowest BCUT2D eigenvalue weighted by atomic mass is 10.0. The van der Waals surface area contributed by atoms with Crippen LogP contribution in [0.15, 0.2) is 12.1 Å². The molecule has 0 amide bonds. The molecule has 2 aromatic rings. The van der Waals surface area contributed by atoms with Gasteiger partial charge in [-0.05, 0) is 31.4 Å². The molecule has 102 valence electrons. The number of benzene rings is 1. The Kier molecular flexibility index (Phi) is 3.14. The first kappa shape index (κ1) is 12.4. The van der Waals surface area contributed by atoms with Gasteiger partial charge in [0, 0.05) is 25.1 Å². The largest absolute Gasteiger partial charge is 0.381 e. The lowest BCUT2D eigenvalue weighted by Gasteiger charge is -2.23. The third kappa shape index (κ3) is 2.30. The summed E-state index contributed by atoms with van der Waals surface area (Å²) in [6, 6.07) is 3.27. The second kappa shape index (κ2) is 4.81. The summed E-state index contributed by atoms with van der Waals surface area (Å²) in [4.78, 5) is 4.24. The molecule has 3 rings (SSSR count). The maximum Gasteiger partial charge on any atom is 0.201 e. The van der Waals surface area contributed by atoms with E-state index in [4.69, 9.17) is 10.5 Å². The molecule has 4 nitrogen and oxygen atoms in total. The summed E-state index contributed by atoms with van der Waals surface area (Å²) in [6.45, 7) is 4.15. The molecule has 1 saturated heterocycles. The minimum absolute atomic E-state index is 0.238. The Morgan fingerprint density at radius 3 is 3.11 bits per heavy atom. The molecule has 0 saturated carbocycles. The van der Waals surface area contributed by atoms with Crippen molar-refractivity contribution in [3.05, 3.63) is 23.5 Å². The van der Waals surface area contributed by atoms with E-state index >= 15 is 0 Å². The van der Waals surface area contributed by atoms with Gasteiger partial charge < -0.3 is 15.0 Å². The van der Waals surface area contributed by atoms with Crippen LogP contribution in [0, 0.1) is 18.7 Å². The van der Waals surface area contributed by atoms with Crippen LogP contribution in [-0.2, 0) is 11.3 Å². The van der Waals surface area contributed by atoms with Gasteiger partial charge in [-0.2, -0.15) is 0 Å². The van der Waals surface area contributed by atoms with E-state index in [1.165, 1.54) is 6.07 Å². The number of aromatic nitrogens is 2. The Bertz CT molecular complexity index is 602. The molecule has 1 unspecified atom stereocenters. The Balaban J connectivity index is 1.97. The monoisotopic (exact) mass is 263 g/mol. The minimum atomic E-state index is -0.238. The normalized spacial score (nSPS) is 20.0. The number of hydrogen-bond donors (Lipinski definition) is 1. The highest BCUT2D eigenvalue weighted by molar-refractivity contribution is 5.79. The van der Waals surface area contributed by atoms with Crippen LogP contribution in [0.4, 0.5) is 10.3 Å². The summed E-state index contributed by atoms with van der Waals surface area (Å²) in [5.74, 6) is 0.669. The van der Waals surface area contributed by atoms with Crippen LogP contribution in [0.3, 0.4) is 0 Å². The summed E-state index contributed by atoms with van der Waals surface area (Å²) < 4.78 is 21.0. The fraction of sp³-hybridized carbons (Fsp3) is 0.500. The maximum absolute atomic E-state index is 13.5. The molecule has 0 aliphatic carbocycles. The molecule has 19 heavy (non-hydrogen) atoms. The number of ether oxygens (including phenoxy) is 1. The van der Waals surface area contributed by atoms with Gasteiger partial charge >= 0.3 is 0 Å². The van der Waals surface area contributed by atoms with Gasteiger partial charge in [-0.1, -0.05) is 0 Å². The van der Waals surface area contributed by atoms with E-state index in [-0.39, 0.29) is 5.82 Å². The summed E-state index contributed by atoms with van der Waals surface area (Å²) in [6.07, 6.45) is 2.23. The molecule has 2 heterocycles. The molecule has 1 aliphatic rings. The molecule has 1 atom stereocenters. The van der Waals surface area contributed by atoms with Crippen molar-refractivity contribution >= 4 is 17.0 Å². The van der Waals surface area contributed by atoms with Gasteiger partial charge in [-0.3, -0.25) is 0 Å². The molecular weight excluding hydrogens is 245 g/mol. The zero-order valence-electron chi connectivity index (χ0n) is 11.0. The molecule has 0 radical (unpaired) electrons. The second-order valence-corrected chi connectivity index (χ2v) is 5.25. The van der Waals surface area contributed by atoms with Crippen LogP contribution in [0.2, 0.25) is 0 Å². The smallest absolute Gasteiger partial charge is 0.201 e. The Morgan fingerprint density at radius 2 is 2.37 bits per heavy atom. The van der Waals surface area contributed by atoms with Gasteiger partial charge in [0.25, 0.3) is 0 Å². The minimum Gasteiger partial charge on any atom is -0.381 e. The number of anilines is 1. The number of aryl methyl sites for hydroxylation is 1. The third-order valence-electron chi connectivity index (χ3n) is 3.75. The average Bonchev–Trinajstić information content (AvgIpc) is 2.68. The number of nitrogens with zero attached hydrogens (tertiary/aromatic N) is 2. The fourth-order valence-electron chi connectivity index (χ4n) is 2.67. The van der Waals surface area contributed by atoms with Crippen molar-refractivity contribution < 1.29 is 9.13 Å². The zero-order chi connectivity index (χ0) is 13.4. The van der Waals surface area contributed by atoms with Crippen LogP contribution in [0.5, 0.6) is 0 Å². The van der Waals surface area contributed by atoms with Crippen molar-refractivity contribution in [2.75, 3.05) is 18.9 Å². The summed E-state index contributed by atoms with van der Waals surface area (Å²) in [7, 11) is 0. The van der Waals surface area contributed by atoms with Crippen LogP contribution < -0.4 is 5.73 Å². The molecule has 0 spiro atoms. The first-order valence-electron chi connectivity index (χ1n) is 6.65. The summed E-state index contributed by atoms with van der Waals surface area (Å²) in [5, 5.41) is 0. The van der Waals surface area contributed by atoms with Gasteiger partial charge in [0.1, 0.15) is 5.82 Å². The Morgan fingerprint density at radius 1 is 1.53 bits per heavy atom. The first-order chi connectivity index (χ1) is 9.15. The summed E-state index contributed by atoms with van der Waals surface area (Å²) in [5.41, 5.74) is 8.11. The topological polar surface area (TPSA) is 53.1 Å². The van der Waals surface area contributed by atoms with E-state index < -0.39 is 0 Å². The average molecular weight is 263 g/mol. The molecule has 5 heteroatoms. The molecular formula is C14H18FN3O. The van der Waals surface area contributed by atoms with E-state index in [0.717, 1.165) is 38.1 Å². The number of nitrogen functional groups attached to an aromatic ring is 1. The molecule has 1 aromatic heterocycles. The number of imidazole rings is 1. The van der Waals surface area contributed by atoms with Crippen LogP contribution >= 0.6 is 0 Å². The van der Waals surface area contributed by atoms with Crippen LogP contribution in [-0.4, -0.2) is 22.8 Å². The van der Waals surface area contributed by atoms with Gasteiger partial charge in [0.2, 0.25) is 5.95 Å². The number of rotatable bonds is 2. The quantitative estimate of drug-likeness (QED) is 0.905. The second-order valence-electron chi connectivity index (χ2n) is 5.25. The van der Waals surface area contributed by atoms with E-state index in [1.54, 1.807) is 6.92 Å². The highest BCUT2D eigenvalue weighted by Gasteiger charge is 2.18. The van der Waals surface area contributed by atoms with E-state index in [2.05, 4.69) is 4.98 Å². The highest BCUT2D eigenvalue weighted by Crippen LogP contribution is 2.24. The van der Waals surface area contributed by atoms with Crippen molar-refractivity contribution in [3.8, 4) is 0 Å². The maximum atomic E-state index is 13.5. The number of nitrogens with two attached hydrogens (primary N) is 1. The van der Waals surface area contributed by atoms with Crippen molar-refractivity contribution in [3.63, 3.8) is 0 Å². The molecule has 1 aliphatic heterocycles. The highest BCUT2D eigenvalue weighted by atomic mass is 19.1. The lowest BCUT2D eigenvalue weighted by Crippen LogP contribution is -2.22.